The van der Waals surface area contributed by atoms with E-state index >= 15 is 0 Å². The maximum Gasteiger partial charge on any atom is 0.310 e. The van der Waals surface area contributed by atoms with Gasteiger partial charge in [0.2, 0.25) is 5.69 Å². The lowest BCUT2D eigenvalue weighted by atomic mass is 9.81. The number of esters is 1. The predicted octanol–water partition coefficient (Wildman–Crippen LogP) is 3.98. The normalized spacial score (nSPS) is 15.4. The zero-order valence-electron chi connectivity index (χ0n) is 17.6. The summed E-state index contributed by atoms with van der Waals surface area (Å²) in [5.41, 5.74) is 4.68. The summed E-state index contributed by atoms with van der Waals surface area (Å²) < 4.78 is 18.8. The highest BCUT2D eigenvalue weighted by Gasteiger charge is 2.43. The van der Waals surface area contributed by atoms with Crippen molar-refractivity contribution in [1.82, 2.24) is 0 Å². The van der Waals surface area contributed by atoms with Gasteiger partial charge in [-0.2, -0.15) is 4.58 Å². The minimum Gasteiger partial charge on any atom is -0.466 e. The zero-order chi connectivity index (χ0) is 20.0. The quantitative estimate of drug-likeness (QED) is 0.352. The molecule has 0 amide bonds. The minimum atomic E-state index is -0.179. The SMILES string of the molecule is CCOC(=O)Cc1ccc2c(c1)C(C)(C)C(C)=[N+]2CCC(OCC)OCC. The molecule has 0 spiro atoms. The number of hydrogen-bond acceptors (Lipinski definition) is 4. The van der Waals surface area contributed by atoms with Gasteiger partial charge >= 0.3 is 5.97 Å². The van der Waals surface area contributed by atoms with Gasteiger partial charge < -0.3 is 14.2 Å². The van der Waals surface area contributed by atoms with E-state index in [0.717, 1.165) is 18.5 Å². The molecule has 5 nitrogen and oxygen atoms in total. The highest BCUT2D eigenvalue weighted by atomic mass is 16.7. The highest BCUT2D eigenvalue weighted by molar-refractivity contribution is 5.93. The van der Waals surface area contributed by atoms with Crippen LogP contribution in [0, 0.1) is 0 Å². The van der Waals surface area contributed by atoms with Crippen molar-refractivity contribution < 1.29 is 23.6 Å². The molecule has 5 heteroatoms. The number of hydrogen-bond donors (Lipinski definition) is 0. The van der Waals surface area contributed by atoms with Crippen LogP contribution in [-0.2, 0) is 30.8 Å². The van der Waals surface area contributed by atoms with E-state index in [2.05, 4.69) is 37.5 Å². The van der Waals surface area contributed by atoms with Crippen LogP contribution in [0.5, 0.6) is 0 Å². The van der Waals surface area contributed by atoms with E-state index in [4.69, 9.17) is 14.2 Å². The molecule has 0 radical (unpaired) electrons. The second-order valence-electron chi connectivity index (χ2n) is 7.32. The summed E-state index contributed by atoms with van der Waals surface area (Å²) in [7, 11) is 0. The number of fused-ring (bicyclic) bond motifs is 1. The Hall–Kier alpha value is -1.72. The first-order valence-corrected chi connectivity index (χ1v) is 9.98. The lowest BCUT2D eigenvalue weighted by molar-refractivity contribution is -0.444. The van der Waals surface area contributed by atoms with E-state index < -0.39 is 0 Å². The Bertz CT molecular complexity index is 688. The summed E-state index contributed by atoms with van der Waals surface area (Å²) in [6, 6.07) is 6.30. The topological polar surface area (TPSA) is 47.8 Å². The van der Waals surface area contributed by atoms with E-state index in [1.54, 1.807) is 0 Å². The van der Waals surface area contributed by atoms with Gasteiger partial charge in [-0.1, -0.05) is 6.07 Å². The molecule has 0 saturated carbocycles. The smallest absolute Gasteiger partial charge is 0.310 e. The predicted molar refractivity (Wildman–Crippen MR) is 107 cm³/mol. The van der Waals surface area contributed by atoms with Crippen LogP contribution < -0.4 is 0 Å². The monoisotopic (exact) mass is 376 g/mol. The summed E-state index contributed by atoms with van der Waals surface area (Å²) in [6.45, 7) is 15.0. The number of carbonyl (C=O) groups excluding carboxylic acids is 1. The molecule has 2 rings (SSSR count). The van der Waals surface area contributed by atoms with Crippen molar-refractivity contribution in [2.45, 2.75) is 66.1 Å². The van der Waals surface area contributed by atoms with E-state index in [1.807, 2.05) is 26.8 Å². The molecule has 0 saturated heterocycles. The standard InChI is InChI=1S/C22H34NO4/c1-7-25-20(24)15-17-10-11-19-18(14-17)22(5,6)16(4)23(19)13-12-21(26-8-2)27-9-3/h10-11,14,21H,7-9,12-13,15H2,1-6H3/q+1. The van der Waals surface area contributed by atoms with Crippen molar-refractivity contribution in [3.05, 3.63) is 29.3 Å². The zero-order valence-corrected chi connectivity index (χ0v) is 17.6. The number of ether oxygens (including phenoxy) is 3. The molecule has 0 fully saturated rings. The fraction of sp³-hybridized carbons (Fsp3) is 0.636. The first-order valence-electron chi connectivity index (χ1n) is 9.98. The number of carbonyl (C=O) groups is 1. The van der Waals surface area contributed by atoms with E-state index in [9.17, 15) is 4.79 Å². The molecule has 1 aromatic carbocycles. The fourth-order valence-electron chi connectivity index (χ4n) is 3.63. The lowest BCUT2D eigenvalue weighted by Crippen LogP contribution is -2.28. The fourth-order valence-corrected chi connectivity index (χ4v) is 3.63. The molecule has 150 valence electrons. The summed E-state index contributed by atoms with van der Waals surface area (Å²) in [5.74, 6) is -0.179. The van der Waals surface area contributed by atoms with Gasteiger partial charge in [-0.05, 0) is 46.2 Å². The van der Waals surface area contributed by atoms with Crippen LogP contribution in [0.2, 0.25) is 0 Å². The Kier molecular flexibility index (Phi) is 7.57. The van der Waals surface area contributed by atoms with Crippen LogP contribution in [0.1, 0.15) is 59.1 Å². The molecular formula is C22H34NO4+. The van der Waals surface area contributed by atoms with Gasteiger partial charge in [-0.25, -0.2) is 0 Å². The van der Waals surface area contributed by atoms with Gasteiger partial charge in [0.15, 0.2) is 18.5 Å². The second kappa shape index (κ2) is 9.47. The second-order valence-corrected chi connectivity index (χ2v) is 7.32. The molecule has 0 bridgehead atoms. The van der Waals surface area contributed by atoms with Gasteiger partial charge in [0.1, 0.15) is 0 Å². The van der Waals surface area contributed by atoms with Gasteiger partial charge in [-0.3, -0.25) is 4.79 Å². The highest BCUT2D eigenvalue weighted by Crippen LogP contribution is 2.40. The lowest BCUT2D eigenvalue weighted by Gasteiger charge is -2.16. The molecule has 0 N–H and O–H groups in total. The Morgan fingerprint density at radius 3 is 2.37 bits per heavy atom. The summed E-state index contributed by atoms with van der Waals surface area (Å²) in [4.78, 5) is 11.8. The Morgan fingerprint density at radius 2 is 1.78 bits per heavy atom. The van der Waals surface area contributed by atoms with Crippen molar-refractivity contribution in [2.75, 3.05) is 26.4 Å². The van der Waals surface area contributed by atoms with Crippen molar-refractivity contribution in [1.29, 1.82) is 0 Å². The third-order valence-corrected chi connectivity index (χ3v) is 5.28. The number of benzene rings is 1. The van der Waals surface area contributed by atoms with Gasteiger partial charge in [-0.15, -0.1) is 0 Å². The van der Waals surface area contributed by atoms with Crippen molar-refractivity contribution in [2.24, 2.45) is 0 Å². The first-order chi connectivity index (χ1) is 12.8. The molecule has 1 aliphatic rings. The van der Waals surface area contributed by atoms with E-state index in [0.29, 0.717) is 26.2 Å². The third-order valence-electron chi connectivity index (χ3n) is 5.28. The average molecular weight is 377 g/mol. The molecule has 0 unspecified atom stereocenters. The van der Waals surface area contributed by atoms with Gasteiger partial charge in [0, 0.05) is 31.8 Å². The van der Waals surface area contributed by atoms with Crippen LogP contribution in [0.3, 0.4) is 0 Å². The Morgan fingerprint density at radius 1 is 1.11 bits per heavy atom. The van der Waals surface area contributed by atoms with Gasteiger partial charge in [0.05, 0.1) is 24.9 Å². The molecule has 27 heavy (non-hydrogen) atoms. The molecule has 1 heterocycles. The van der Waals surface area contributed by atoms with Gasteiger partial charge in [0.25, 0.3) is 0 Å². The maximum absolute atomic E-state index is 11.8. The molecule has 1 aliphatic heterocycles. The molecule has 0 aliphatic carbocycles. The first kappa shape index (κ1) is 21.6. The van der Waals surface area contributed by atoms with E-state index in [-0.39, 0.29) is 17.7 Å². The third kappa shape index (κ3) is 4.96. The summed E-state index contributed by atoms with van der Waals surface area (Å²) in [5, 5.41) is 0. The largest absolute Gasteiger partial charge is 0.466 e. The van der Waals surface area contributed by atoms with Crippen LogP contribution in [0.25, 0.3) is 0 Å². The Balaban J connectivity index is 2.21. The minimum absolute atomic E-state index is 0.0767. The molecule has 0 atom stereocenters. The maximum atomic E-state index is 11.8. The molecular weight excluding hydrogens is 342 g/mol. The summed E-state index contributed by atoms with van der Waals surface area (Å²) >= 11 is 0. The average Bonchev–Trinajstić information content (AvgIpc) is 2.80. The van der Waals surface area contributed by atoms with Crippen LogP contribution >= 0.6 is 0 Å². The van der Waals surface area contributed by atoms with Crippen molar-refractivity contribution in [3.8, 4) is 0 Å². The number of nitrogens with zero attached hydrogens (tertiary/aromatic N) is 1. The van der Waals surface area contributed by atoms with E-state index in [1.165, 1.54) is 17.0 Å². The molecule has 1 aromatic rings. The van der Waals surface area contributed by atoms with Crippen molar-refractivity contribution in [3.63, 3.8) is 0 Å². The summed E-state index contributed by atoms with van der Waals surface area (Å²) in [6.07, 6.45) is 0.939. The van der Waals surface area contributed by atoms with Crippen LogP contribution in [0.4, 0.5) is 5.69 Å². The van der Waals surface area contributed by atoms with Crippen molar-refractivity contribution >= 4 is 17.4 Å². The van der Waals surface area contributed by atoms with Crippen LogP contribution in [0.15, 0.2) is 18.2 Å². The molecule has 0 aromatic heterocycles. The number of rotatable bonds is 10. The Labute approximate surface area is 163 Å². The van der Waals surface area contributed by atoms with Crippen LogP contribution in [-0.4, -0.2) is 48.9 Å².